The number of halogens is 1. The average molecular weight is 536 g/mol. The number of hydrogen-bond acceptors (Lipinski definition) is 11. The highest BCUT2D eigenvalue weighted by Gasteiger charge is 2.56. The Morgan fingerprint density at radius 3 is 2.44 bits per heavy atom. The first kappa shape index (κ1) is 25.4. The molecule has 1 saturated carbocycles. The summed E-state index contributed by atoms with van der Waals surface area (Å²) in [4.78, 5) is 48.5. The fourth-order valence-corrected chi connectivity index (χ4v) is 7.08. The monoisotopic (exact) mass is 535 g/mol. The first-order valence-corrected chi connectivity index (χ1v) is 13.4. The number of aliphatic hydroxyl groups is 1. The van der Waals surface area contributed by atoms with Crippen molar-refractivity contribution in [2.45, 2.75) is 24.2 Å². The van der Waals surface area contributed by atoms with Gasteiger partial charge in [-0.1, -0.05) is 6.58 Å². The van der Waals surface area contributed by atoms with E-state index in [1.54, 1.807) is 0 Å². The smallest absolute Gasteiger partial charge is 0.390 e. The van der Waals surface area contributed by atoms with Crippen molar-refractivity contribution >= 4 is 52.1 Å². The molecule has 0 saturated heterocycles. The van der Waals surface area contributed by atoms with Gasteiger partial charge < -0.3 is 35.0 Å². The van der Waals surface area contributed by atoms with Crippen molar-refractivity contribution in [3.8, 4) is 0 Å². The Labute approximate surface area is 184 Å². The third-order valence-corrected chi connectivity index (χ3v) is 8.83. The van der Waals surface area contributed by atoms with Gasteiger partial charge in [0.1, 0.15) is 17.4 Å². The van der Waals surface area contributed by atoms with Crippen LogP contribution in [0.15, 0.2) is 24.8 Å². The Morgan fingerprint density at radius 1 is 1.19 bits per heavy atom. The zero-order valence-corrected chi connectivity index (χ0v) is 19.1. The predicted octanol–water partition coefficient (Wildman–Crippen LogP) is 0.591. The van der Waals surface area contributed by atoms with Crippen LogP contribution in [0.25, 0.3) is 11.2 Å². The summed E-state index contributed by atoms with van der Waals surface area (Å²) in [6.07, 6.45) is 0.730. The van der Waals surface area contributed by atoms with Gasteiger partial charge in [0.2, 0.25) is 0 Å². The predicted molar refractivity (Wildman–Crippen MR) is 107 cm³/mol. The van der Waals surface area contributed by atoms with E-state index in [4.69, 9.17) is 31.6 Å². The van der Waals surface area contributed by atoms with Gasteiger partial charge >= 0.3 is 23.5 Å². The third-order valence-electron chi connectivity index (χ3n) is 4.55. The van der Waals surface area contributed by atoms with Crippen LogP contribution < -0.4 is 5.73 Å². The lowest BCUT2D eigenvalue weighted by molar-refractivity contribution is -0.0123. The summed E-state index contributed by atoms with van der Waals surface area (Å²) in [5, 5.41) is 10.6. The van der Waals surface area contributed by atoms with E-state index >= 15 is 0 Å². The van der Waals surface area contributed by atoms with Crippen LogP contribution in [0.2, 0.25) is 0 Å². The highest BCUT2D eigenvalue weighted by Crippen LogP contribution is 2.68. The third kappa shape index (κ3) is 4.97. The number of nitrogens with two attached hydrogens (primary N) is 1. The van der Waals surface area contributed by atoms with Crippen molar-refractivity contribution in [3.63, 3.8) is 0 Å². The van der Waals surface area contributed by atoms with Crippen LogP contribution in [-0.4, -0.2) is 61.8 Å². The Hall–Kier alpha value is -1.25. The standard InChI is InChI=1S/C12H17ClN5O11P3/c1-6-7(18-5-17-9-10(14)15-4-16-11(9)18)2-8(19)12(6,3-13)27-31(23,24)29-32(25,26)28-30(20,21)22/h4-5,7-8,19H,1-3H2,(H,23,24)(H,25,26)(H2,14,15,16)(H2,20,21,22)/t7-,8-,12-/m0/s1. The van der Waals surface area contributed by atoms with Crippen molar-refractivity contribution in [2.75, 3.05) is 11.6 Å². The van der Waals surface area contributed by atoms with Gasteiger partial charge in [0.05, 0.1) is 24.4 Å². The Kier molecular flexibility index (Phi) is 6.75. The molecular formula is C12H17ClN5O11P3. The highest BCUT2D eigenvalue weighted by atomic mass is 35.5. The lowest BCUT2D eigenvalue weighted by atomic mass is 9.98. The molecule has 2 aromatic rings. The molecule has 20 heteroatoms. The normalized spacial score (nSPS) is 28.0. The molecule has 3 rings (SSSR count). The molecule has 16 nitrogen and oxygen atoms in total. The minimum absolute atomic E-state index is 0.0574. The molecule has 1 aliphatic carbocycles. The summed E-state index contributed by atoms with van der Waals surface area (Å²) >= 11 is 5.92. The van der Waals surface area contributed by atoms with Gasteiger partial charge in [-0.3, -0.25) is 4.52 Å². The molecule has 178 valence electrons. The van der Waals surface area contributed by atoms with E-state index in [1.807, 2.05) is 0 Å². The molecule has 5 atom stereocenters. The number of nitrogen functional groups attached to an aromatic ring is 1. The summed E-state index contributed by atoms with van der Waals surface area (Å²) in [6.45, 7) is 3.77. The molecule has 0 amide bonds. The second-order valence-electron chi connectivity index (χ2n) is 6.58. The van der Waals surface area contributed by atoms with E-state index < -0.39 is 47.1 Å². The first-order valence-electron chi connectivity index (χ1n) is 8.32. The van der Waals surface area contributed by atoms with E-state index in [0.29, 0.717) is 0 Å². The number of rotatable bonds is 8. The molecule has 2 unspecified atom stereocenters. The Bertz CT molecular complexity index is 1200. The largest absolute Gasteiger partial charge is 0.490 e. The van der Waals surface area contributed by atoms with Crippen LogP contribution in [0, 0.1) is 0 Å². The molecule has 0 spiro atoms. The van der Waals surface area contributed by atoms with Crippen LogP contribution in [0.3, 0.4) is 0 Å². The number of fused-ring (bicyclic) bond motifs is 1. The zero-order chi connectivity index (χ0) is 24.1. The molecule has 0 bridgehead atoms. The number of aromatic nitrogens is 4. The number of nitrogens with zero attached hydrogens (tertiary/aromatic N) is 4. The molecule has 7 N–H and O–H groups in total. The Balaban J connectivity index is 1.92. The molecule has 2 aromatic heterocycles. The molecule has 2 heterocycles. The van der Waals surface area contributed by atoms with E-state index in [9.17, 15) is 28.6 Å². The maximum absolute atomic E-state index is 12.4. The number of imidazole rings is 1. The molecule has 32 heavy (non-hydrogen) atoms. The van der Waals surface area contributed by atoms with Crippen LogP contribution in [0.5, 0.6) is 0 Å². The first-order chi connectivity index (χ1) is 14.6. The number of anilines is 1. The van der Waals surface area contributed by atoms with Gasteiger partial charge in [0.25, 0.3) is 0 Å². The minimum atomic E-state index is -5.78. The summed E-state index contributed by atoms with van der Waals surface area (Å²) < 4.78 is 48.5. The fourth-order valence-electron chi connectivity index (χ4n) is 3.24. The van der Waals surface area contributed by atoms with Gasteiger partial charge in [0.15, 0.2) is 11.5 Å². The fraction of sp³-hybridized carbons (Fsp3) is 0.417. The van der Waals surface area contributed by atoms with E-state index in [-0.39, 0.29) is 29.0 Å². The van der Waals surface area contributed by atoms with E-state index in [2.05, 4.69) is 30.2 Å². The van der Waals surface area contributed by atoms with Gasteiger partial charge in [-0.15, -0.1) is 11.6 Å². The van der Waals surface area contributed by atoms with Gasteiger partial charge in [-0.05, 0) is 5.57 Å². The molecule has 0 radical (unpaired) electrons. The van der Waals surface area contributed by atoms with E-state index in [0.717, 1.165) is 0 Å². The molecule has 1 aliphatic rings. The van der Waals surface area contributed by atoms with Crippen LogP contribution >= 0.6 is 35.1 Å². The van der Waals surface area contributed by atoms with Gasteiger partial charge in [-0.2, -0.15) is 8.62 Å². The maximum Gasteiger partial charge on any atom is 0.490 e. The van der Waals surface area contributed by atoms with Crippen LogP contribution in [0.4, 0.5) is 5.82 Å². The number of alkyl halides is 1. The van der Waals surface area contributed by atoms with Crippen molar-refractivity contribution in [2.24, 2.45) is 0 Å². The van der Waals surface area contributed by atoms with Crippen LogP contribution in [0.1, 0.15) is 12.5 Å². The summed E-state index contributed by atoms with van der Waals surface area (Å²) in [5.74, 6) is -0.592. The maximum atomic E-state index is 12.4. The van der Waals surface area contributed by atoms with Crippen molar-refractivity contribution < 1.29 is 51.5 Å². The summed E-state index contributed by atoms with van der Waals surface area (Å²) in [6, 6.07) is -0.838. The SMILES string of the molecule is C=C1[C@@H](n2cnc3c(N)ncnc32)C[C@H](O)[C@@]1(CCl)OP(=O)(O)OP(=O)(O)OP(=O)(O)O. The minimum Gasteiger partial charge on any atom is -0.390 e. The molecule has 0 aliphatic heterocycles. The summed E-state index contributed by atoms with van der Waals surface area (Å²) in [5.41, 5.74) is 3.99. The number of aliphatic hydroxyl groups excluding tert-OH is 1. The van der Waals surface area contributed by atoms with Gasteiger partial charge in [0, 0.05) is 6.42 Å². The number of phosphoric ester groups is 1. The zero-order valence-electron chi connectivity index (χ0n) is 15.7. The van der Waals surface area contributed by atoms with E-state index in [1.165, 1.54) is 17.2 Å². The second kappa shape index (κ2) is 8.51. The number of phosphoric acid groups is 3. The van der Waals surface area contributed by atoms with Crippen LogP contribution in [-0.2, 0) is 26.8 Å². The lowest BCUT2D eigenvalue weighted by Gasteiger charge is -2.33. The van der Waals surface area contributed by atoms with Crippen molar-refractivity contribution in [3.05, 3.63) is 24.8 Å². The van der Waals surface area contributed by atoms with Crippen molar-refractivity contribution in [1.29, 1.82) is 0 Å². The number of hydrogen-bond donors (Lipinski definition) is 6. The van der Waals surface area contributed by atoms with Crippen molar-refractivity contribution in [1.82, 2.24) is 19.5 Å². The highest BCUT2D eigenvalue weighted by molar-refractivity contribution is 7.66. The topological polar surface area (TPSA) is 250 Å². The summed E-state index contributed by atoms with van der Waals surface area (Å²) in [7, 11) is -17.0. The molecule has 1 fully saturated rings. The molecular weight excluding hydrogens is 519 g/mol. The Morgan fingerprint density at radius 2 is 1.84 bits per heavy atom. The van der Waals surface area contributed by atoms with Gasteiger partial charge in [-0.25, -0.2) is 28.6 Å². The quantitative estimate of drug-likeness (QED) is 0.154. The molecule has 0 aromatic carbocycles. The second-order valence-corrected chi connectivity index (χ2v) is 11.2. The average Bonchev–Trinajstić information content (AvgIpc) is 3.14. The lowest BCUT2D eigenvalue weighted by Crippen LogP contribution is -2.43.